The predicted molar refractivity (Wildman–Crippen MR) is 72.0 cm³/mol. The van der Waals surface area contributed by atoms with Gasteiger partial charge in [-0.3, -0.25) is 4.79 Å². The van der Waals surface area contributed by atoms with Gasteiger partial charge in [0.05, 0.1) is 12.2 Å². The highest BCUT2D eigenvalue weighted by Gasteiger charge is 2.18. The summed E-state index contributed by atoms with van der Waals surface area (Å²) < 4.78 is 0.988. The van der Waals surface area contributed by atoms with Crippen LogP contribution in [0.2, 0.25) is 0 Å². The van der Waals surface area contributed by atoms with Crippen LogP contribution in [0.25, 0.3) is 0 Å². The largest absolute Gasteiger partial charge is 0.360 e. The average molecular weight is 298 g/mol. The summed E-state index contributed by atoms with van der Waals surface area (Å²) in [6.45, 7) is 3.90. The van der Waals surface area contributed by atoms with Gasteiger partial charge in [0.1, 0.15) is 0 Å². The molecule has 0 radical (unpaired) electrons. The lowest BCUT2D eigenvalue weighted by molar-refractivity contribution is -0.120. The third kappa shape index (κ3) is 2.79. The number of carbonyl (C=O) groups excluding carboxylic acids is 1. The van der Waals surface area contributed by atoms with Gasteiger partial charge in [-0.2, -0.15) is 0 Å². The molecular formula is C12H16BrN3O. The highest BCUT2D eigenvalue weighted by atomic mass is 79.9. The second-order valence-electron chi connectivity index (χ2n) is 4.27. The topological polar surface area (TPSA) is 58.4 Å². The standard InChI is InChI=1S/C12H16BrN3O/c1-8(14)9-2-3-11(10(13)6-9)16-5-4-15-12(17)7-16/h2-3,6,8H,4-5,7,14H2,1H3,(H,15,17)/t8-/m0/s1. The van der Waals surface area contributed by atoms with Crippen molar-refractivity contribution in [2.45, 2.75) is 13.0 Å². The van der Waals surface area contributed by atoms with Gasteiger partial charge in [0.25, 0.3) is 0 Å². The molecule has 5 heteroatoms. The van der Waals surface area contributed by atoms with Crippen LogP contribution < -0.4 is 16.0 Å². The Morgan fingerprint density at radius 3 is 2.88 bits per heavy atom. The Kier molecular flexibility index (Phi) is 3.69. The average Bonchev–Trinajstić information content (AvgIpc) is 2.28. The van der Waals surface area contributed by atoms with Gasteiger partial charge in [-0.05, 0) is 40.5 Å². The van der Waals surface area contributed by atoms with Crippen molar-refractivity contribution in [3.05, 3.63) is 28.2 Å². The third-order valence-electron chi connectivity index (χ3n) is 2.88. The number of carbonyl (C=O) groups is 1. The first kappa shape index (κ1) is 12.4. The third-order valence-corrected chi connectivity index (χ3v) is 3.51. The molecule has 1 aliphatic heterocycles. The molecule has 0 bridgehead atoms. The van der Waals surface area contributed by atoms with Gasteiger partial charge in [-0.15, -0.1) is 0 Å². The van der Waals surface area contributed by atoms with Crippen LogP contribution in [-0.4, -0.2) is 25.5 Å². The summed E-state index contributed by atoms with van der Waals surface area (Å²) in [7, 11) is 0. The number of halogens is 1. The maximum atomic E-state index is 11.3. The Bertz CT molecular complexity index is 434. The number of piperazine rings is 1. The number of hydrogen-bond donors (Lipinski definition) is 2. The summed E-state index contributed by atoms with van der Waals surface area (Å²) in [6, 6.07) is 6.07. The molecule has 0 aromatic heterocycles. The number of anilines is 1. The second kappa shape index (κ2) is 5.06. The molecule has 1 aliphatic rings. The lowest BCUT2D eigenvalue weighted by Crippen LogP contribution is -2.47. The zero-order chi connectivity index (χ0) is 12.4. The lowest BCUT2D eigenvalue weighted by atomic mass is 10.1. The normalized spacial score (nSPS) is 17.8. The van der Waals surface area contributed by atoms with E-state index in [1.54, 1.807) is 0 Å². The van der Waals surface area contributed by atoms with Crippen LogP contribution in [0, 0.1) is 0 Å². The number of amides is 1. The van der Waals surface area contributed by atoms with E-state index in [4.69, 9.17) is 5.73 Å². The zero-order valence-corrected chi connectivity index (χ0v) is 11.3. The molecule has 17 heavy (non-hydrogen) atoms. The van der Waals surface area contributed by atoms with Gasteiger partial charge in [-0.1, -0.05) is 6.07 Å². The molecule has 4 nitrogen and oxygen atoms in total. The first-order valence-corrected chi connectivity index (χ1v) is 6.44. The molecule has 3 N–H and O–H groups in total. The monoisotopic (exact) mass is 297 g/mol. The number of nitrogens with zero attached hydrogens (tertiary/aromatic N) is 1. The van der Waals surface area contributed by atoms with Gasteiger partial charge in [0, 0.05) is 23.6 Å². The van der Waals surface area contributed by atoms with E-state index in [2.05, 4.69) is 26.1 Å². The molecule has 0 saturated carbocycles. The van der Waals surface area contributed by atoms with E-state index in [1.165, 1.54) is 0 Å². The number of hydrogen-bond acceptors (Lipinski definition) is 3. The highest BCUT2D eigenvalue weighted by Crippen LogP contribution is 2.29. The van der Waals surface area contributed by atoms with Gasteiger partial charge < -0.3 is 16.0 Å². The summed E-state index contributed by atoms with van der Waals surface area (Å²) in [4.78, 5) is 13.4. The summed E-state index contributed by atoms with van der Waals surface area (Å²) >= 11 is 3.54. The Labute approximate surface area is 109 Å². The van der Waals surface area contributed by atoms with Crippen molar-refractivity contribution in [2.75, 3.05) is 24.5 Å². The molecule has 2 rings (SSSR count). The summed E-state index contributed by atoms with van der Waals surface area (Å²) in [6.07, 6.45) is 0. The van der Waals surface area contributed by atoms with Crippen molar-refractivity contribution < 1.29 is 4.79 Å². The SMILES string of the molecule is C[C@H](N)c1ccc(N2CCNC(=O)C2)c(Br)c1. The molecule has 1 amide bonds. The molecule has 1 fully saturated rings. The van der Waals surface area contributed by atoms with E-state index in [9.17, 15) is 4.79 Å². The van der Waals surface area contributed by atoms with E-state index in [0.717, 1.165) is 22.3 Å². The van der Waals surface area contributed by atoms with Crippen molar-refractivity contribution in [3.63, 3.8) is 0 Å². The molecule has 1 aromatic carbocycles. The van der Waals surface area contributed by atoms with Crippen LogP contribution in [0.1, 0.15) is 18.5 Å². The minimum absolute atomic E-state index is 0.0185. The van der Waals surface area contributed by atoms with E-state index < -0.39 is 0 Å². The minimum Gasteiger partial charge on any atom is -0.360 e. The summed E-state index contributed by atoms with van der Waals surface area (Å²) in [5, 5.41) is 2.81. The summed E-state index contributed by atoms with van der Waals surface area (Å²) in [5.74, 6) is 0.0689. The van der Waals surface area contributed by atoms with Crippen LogP contribution in [0.3, 0.4) is 0 Å². The van der Waals surface area contributed by atoms with Gasteiger partial charge in [-0.25, -0.2) is 0 Å². The first-order valence-electron chi connectivity index (χ1n) is 5.64. The van der Waals surface area contributed by atoms with Crippen LogP contribution in [0.5, 0.6) is 0 Å². The van der Waals surface area contributed by atoms with Crippen molar-refractivity contribution in [3.8, 4) is 0 Å². The van der Waals surface area contributed by atoms with E-state index in [0.29, 0.717) is 13.1 Å². The number of rotatable bonds is 2. The molecule has 0 unspecified atom stereocenters. The molecule has 0 aliphatic carbocycles. The van der Waals surface area contributed by atoms with E-state index >= 15 is 0 Å². The maximum Gasteiger partial charge on any atom is 0.239 e. The van der Waals surface area contributed by atoms with Gasteiger partial charge >= 0.3 is 0 Å². The van der Waals surface area contributed by atoms with Crippen LogP contribution in [0.4, 0.5) is 5.69 Å². The number of nitrogens with one attached hydrogen (secondary N) is 1. The second-order valence-corrected chi connectivity index (χ2v) is 5.13. The molecule has 0 spiro atoms. The van der Waals surface area contributed by atoms with Crippen molar-refractivity contribution in [1.82, 2.24) is 5.32 Å². The quantitative estimate of drug-likeness (QED) is 0.868. The number of benzene rings is 1. The van der Waals surface area contributed by atoms with Crippen LogP contribution >= 0.6 is 15.9 Å². The van der Waals surface area contributed by atoms with E-state index in [-0.39, 0.29) is 11.9 Å². The van der Waals surface area contributed by atoms with Crippen LogP contribution in [0.15, 0.2) is 22.7 Å². The molecule has 1 aromatic rings. The molecule has 1 atom stereocenters. The zero-order valence-electron chi connectivity index (χ0n) is 9.74. The minimum atomic E-state index is 0.0185. The van der Waals surface area contributed by atoms with Crippen molar-refractivity contribution in [2.24, 2.45) is 5.73 Å². The number of nitrogens with two attached hydrogens (primary N) is 1. The fraction of sp³-hybridized carbons (Fsp3) is 0.417. The lowest BCUT2D eigenvalue weighted by Gasteiger charge is -2.29. The van der Waals surface area contributed by atoms with Crippen LogP contribution in [-0.2, 0) is 4.79 Å². The Hall–Kier alpha value is -1.07. The van der Waals surface area contributed by atoms with Gasteiger partial charge in [0.2, 0.25) is 5.91 Å². The first-order chi connectivity index (χ1) is 8.08. The smallest absolute Gasteiger partial charge is 0.239 e. The Morgan fingerprint density at radius 2 is 2.29 bits per heavy atom. The molecular weight excluding hydrogens is 282 g/mol. The van der Waals surface area contributed by atoms with Crippen molar-refractivity contribution in [1.29, 1.82) is 0 Å². The highest BCUT2D eigenvalue weighted by molar-refractivity contribution is 9.10. The fourth-order valence-corrected chi connectivity index (χ4v) is 2.55. The molecule has 92 valence electrons. The molecule has 1 saturated heterocycles. The summed E-state index contributed by atoms with van der Waals surface area (Å²) in [5.41, 5.74) is 7.97. The van der Waals surface area contributed by atoms with Gasteiger partial charge in [0.15, 0.2) is 0 Å². The maximum absolute atomic E-state index is 11.3. The Balaban J connectivity index is 2.23. The van der Waals surface area contributed by atoms with E-state index in [1.807, 2.05) is 25.1 Å². The van der Waals surface area contributed by atoms with Crippen molar-refractivity contribution >= 4 is 27.5 Å². The Morgan fingerprint density at radius 1 is 1.53 bits per heavy atom. The fourth-order valence-electron chi connectivity index (χ4n) is 1.91. The predicted octanol–water partition coefficient (Wildman–Crippen LogP) is 1.41. The molecule has 1 heterocycles.